The monoisotopic (exact) mass is 498 g/mol. The van der Waals surface area contributed by atoms with Crippen LogP contribution in [-0.2, 0) is 24.4 Å². The number of carbonyl (C=O) groups excluding carboxylic acids is 1. The molecule has 6 rings (SSSR count). The van der Waals surface area contributed by atoms with Crippen LogP contribution in [0.1, 0.15) is 11.5 Å². The first-order chi connectivity index (χ1) is 17.5. The van der Waals surface area contributed by atoms with Crippen LogP contribution in [0.25, 0.3) is 21.8 Å². The van der Waals surface area contributed by atoms with Gasteiger partial charge in [0.05, 0.1) is 28.7 Å². The van der Waals surface area contributed by atoms with Crippen molar-refractivity contribution in [3.8, 4) is 0 Å². The zero-order valence-corrected chi connectivity index (χ0v) is 20.4. The van der Waals surface area contributed by atoms with E-state index < -0.39 is 0 Å². The maximum atomic E-state index is 12.8. The Morgan fingerprint density at radius 2 is 1.86 bits per heavy atom. The molecule has 0 aliphatic carbocycles. The molecule has 180 valence electrons. The second-order valence-electron chi connectivity index (χ2n) is 8.93. The lowest BCUT2D eigenvalue weighted by Gasteiger charge is -2.30. The topological polar surface area (TPSA) is 85.1 Å². The number of carbonyl (C=O) groups is 1. The van der Waals surface area contributed by atoms with E-state index in [9.17, 15) is 9.59 Å². The van der Waals surface area contributed by atoms with Crippen LogP contribution in [0.5, 0.6) is 0 Å². The molecule has 0 saturated carbocycles. The summed E-state index contributed by atoms with van der Waals surface area (Å²) in [6, 6.07) is 20.8. The van der Waals surface area contributed by atoms with Crippen LogP contribution in [0, 0.1) is 6.92 Å². The van der Waals surface area contributed by atoms with Gasteiger partial charge in [-0.05, 0) is 49.4 Å². The Balaban J connectivity index is 1.20. The first kappa shape index (κ1) is 22.3. The number of imidazole rings is 1. The van der Waals surface area contributed by atoms with Crippen LogP contribution < -0.4 is 15.8 Å². The first-order valence-electron chi connectivity index (χ1n) is 11.7. The van der Waals surface area contributed by atoms with Gasteiger partial charge in [0.25, 0.3) is 5.56 Å². The van der Waals surface area contributed by atoms with Gasteiger partial charge in [-0.25, -0.2) is 9.67 Å². The molecule has 0 atom stereocenters. The number of hydrogen-bond acceptors (Lipinski definition) is 5. The summed E-state index contributed by atoms with van der Waals surface area (Å²) in [5.74, 6) is 0.666. The number of anilines is 2. The van der Waals surface area contributed by atoms with Gasteiger partial charge < -0.3 is 14.8 Å². The van der Waals surface area contributed by atoms with Crippen molar-refractivity contribution < 1.29 is 4.79 Å². The Morgan fingerprint density at radius 1 is 1.03 bits per heavy atom. The minimum Gasteiger partial charge on any atom is -0.362 e. The molecule has 1 aliphatic heterocycles. The van der Waals surface area contributed by atoms with Crippen molar-refractivity contribution in [2.45, 2.75) is 26.6 Å². The average molecular weight is 499 g/mol. The van der Waals surface area contributed by atoms with Crippen LogP contribution in [0.15, 0.2) is 71.5 Å². The van der Waals surface area contributed by atoms with E-state index in [-0.39, 0.29) is 18.0 Å². The predicted molar refractivity (Wildman–Crippen MR) is 142 cm³/mol. The number of hydrogen-bond donors (Lipinski definition) is 1. The molecule has 0 unspecified atom stereocenters. The van der Waals surface area contributed by atoms with Crippen molar-refractivity contribution in [1.29, 1.82) is 0 Å². The largest absolute Gasteiger partial charge is 0.362 e. The average Bonchev–Trinajstić information content (AvgIpc) is 3.24. The van der Waals surface area contributed by atoms with Crippen LogP contribution in [-0.4, -0.2) is 31.8 Å². The molecule has 0 fully saturated rings. The van der Waals surface area contributed by atoms with Crippen LogP contribution >= 0.6 is 11.6 Å². The molecular formula is C27H23ClN6O2. The molecule has 0 saturated heterocycles. The highest BCUT2D eigenvalue weighted by Crippen LogP contribution is 2.27. The minimum atomic E-state index is -0.311. The third-order valence-corrected chi connectivity index (χ3v) is 6.79. The zero-order valence-electron chi connectivity index (χ0n) is 19.6. The van der Waals surface area contributed by atoms with E-state index in [4.69, 9.17) is 16.6 Å². The molecule has 0 spiro atoms. The molecule has 2 aromatic heterocycles. The van der Waals surface area contributed by atoms with Crippen molar-refractivity contribution in [1.82, 2.24) is 19.3 Å². The Morgan fingerprint density at radius 3 is 2.72 bits per heavy atom. The lowest BCUT2D eigenvalue weighted by molar-refractivity contribution is -0.117. The molecule has 0 bridgehead atoms. The summed E-state index contributed by atoms with van der Waals surface area (Å²) in [5.41, 5.74) is 4.06. The zero-order chi connectivity index (χ0) is 24.8. The third kappa shape index (κ3) is 3.99. The maximum Gasteiger partial charge on any atom is 0.275 e. The molecule has 36 heavy (non-hydrogen) atoms. The second kappa shape index (κ2) is 8.80. The van der Waals surface area contributed by atoms with Crippen LogP contribution in [0.4, 0.5) is 11.4 Å². The quantitative estimate of drug-likeness (QED) is 0.398. The van der Waals surface area contributed by atoms with E-state index >= 15 is 0 Å². The summed E-state index contributed by atoms with van der Waals surface area (Å²) >= 11 is 6.14. The van der Waals surface area contributed by atoms with Gasteiger partial charge in [-0.2, -0.15) is 5.10 Å². The predicted octanol–water partition coefficient (Wildman–Crippen LogP) is 4.37. The highest BCUT2D eigenvalue weighted by molar-refractivity contribution is 6.31. The Kier molecular flexibility index (Phi) is 5.45. The fraction of sp³-hybridized carbons (Fsp3) is 0.185. The molecular weight excluding hydrogens is 476 g/mol. The van der Waals surface area contributed by atoms with Crippen molar-refractivity contribution in [3.63, 3.8) is 0 Å². The first-order valence-corrected chi connectivity index (χ1v) is 12.1. The van der Waals surface area contributed by atoms with Gasteiger partial charge in [0.2, 0.25) is 5.91 Å². The Bertz CT molecular complexity index is 1710. The molecule has 9 heteroatoms. The molecule has 1 aliphatic rings. The number of rotatable bonds is 4. The minimum absolute atomic E-state index is 0.162. The Labute approximate surface area is 211 Å². The van der Waals surface area contributed by atoms with E-state index in [1.165, 1.54) is 4.68 Å². The van der Waals surface area contributed by atoms with Crippen LogP contribution in [0.2, 0.25) is 5.02 Å². The second-order valence-corrected chi connectivity index (χ2v) is 9.36. The summed E-state index contributed by atoms with van der Waals surface area (Å²) in [6.07, 6.45) is 0. The molecule has 0 radical (unpaired) electrons. The van der Waals surface area contributed by atoms with Gasteiger partial charge in [0, 0.05) is 34.9 Å². The summed E-state index contributed by atoms with van der Waals surface area (Å²) < 4.78 is 3.45. The highest BCUT2D eigenvalue weighted by Gasteiger charge is 2.21. The van der Waals surface area contributed by atoms with Gasteiger partial charge in [-0.15, -0.1) is 0 Å². The van der Waals surface area contributed by atoms with Crippen LogP contribution in [0.3, 0.4) is 0 Å². The van der Waals surface area contributed by atoms with E-state index in [1.54, 1.807) is 6.07 Å². The van der Waals surface area contributed by atoms with Gasteiger partial charge >= 0.3 is 0 Å². The van der Waals surface area contributed by atoms with E-state index in [1.807, 2.05) is 67.6 Å². The number of halogens is 1. The lowest BCUT2D eigenvalue weighted by Crippen LogP contribution is -2.33. The van der Waals surface area contributed by atoms with Crippen molar-refractivity contribution in [2.24, 2.45) is 0 Å². The maximum absolute atomic E-state index is 12.8. The Hall–Kier alpha value is -4.17. The number of aromatic nitrogens is 4. The fourth-order valence-electron chi connectivity index (χ4n) is 4.84. The number of aryl methyl sites for hydroxylation is 1. The highest BCUT2D eigenvalue weighted by atomic mass is 35.5. The number of amides is 1. The third-order valence-electron chi connectivity index (χ3n) is 6.56. The number of fused-ring (bicyclic) bond motifs is 4. The van der Waals surface area contributed by atoms with Crippen molar-refractivity contribution in [2.75, 3.05) is 16.8 Å². The smallest absolute Gasteiger partial charge is 0.275 e. The molecule has 5 aromatic rings. The number of benzene rings is 3. The SMILES string of the molecule is Cc1nn(CC(=O)Nc2cccc(N3CCn4c(nc5cc(Cl)ccc54)C3)c2)c(=O)c2ccccc12. The normalized spacial score (nSPS) is 13.2. The van der Waals surface area contributed by atoms with Gasteiger partial charge in [-0.1, -0.05) is 35.9 Å². The molecule has 1 amide bonds. The summed E-state index contributed by atoms with van der Waals surface area (Å²) in [5, 5.41) is 9.27. The van der Waals surface area contributed by atoms with Crippen molar-refractivity contribution in [3.05, 3.63) is 93.6 Å². The number of nitrogens with zero attached hydrogens (tertiary/aromatic N) is 5. The summed E-state index contributed by atoms with van der Waals surface area (Å²) in [7, 11) is 0. The lowest BCUT2D eigenvalue weighted by atomic mass is 10.1. The van der Waals surface area contributed by atoms with Gasteiger partial charge in [-0.3, -0.25) is 9.59 Å². The molecule has 8 nitrogen and oxygen atoms in total. The van der Waals surface area contributed by atoms with Gasteiger partial charge in [0.15, 0.2) is 0 Å². The fourth-order valence-corrected chi connectivity index (χ4v) is 5.01. The summed E-state index contributed by atoms with van der Waals surface area (Å²) in [4.78, 5) is 32.6. The standard InChI is InChI=1S/C27H23ClN6O2/c1-17-21-7-2-3-8-22(21)27(36)34(31-17)16-26(35)29-19-5-4-6-20(14-19)32-11-12-33-24-10-9-18(28)13-23(24)30-25(33)15-32/h2-10,13-14H,11-12,15-16H2,1H3,(H,29,35). The number of nitrogens with one attached hydrogen (secondary N) is 1. The molecule has 3 aromatic carbocycles. The van der Waals surface area contributed by atoms with Gasteiger partial charge in [0.1, 0.15) is 12.4 Å². The van der Waals surface area contributed by atoms with E-state index in [0.29, 0.717) is 28.3 Å². The van der Waals surface area contributed by atoms with E-state index in [0.717, 1.165) is 41.0 Å². The molecule has 3 heterocycles. The van der Waals surface area contributed by atoms with Crippen molar-refractivity contribution >= 4 is 50.7 Å². The van der Waals surface area contributed by atoms with E-state index in [2.05, 4.69) is 19.9 Å². The summed E-state index contributed by atoms with van der Waals surface area (Å²) in [6.45, 7) is 3.94. The molecule has 1 N–H and O–H groups in total.